The maximum atomic E-state index is 3.83. The fourth-order valence-electron chi connectivity index (χ4n) is 3.77. The molecule has 0 amide bonds. The number of fused-ring (bicyclic) bond motifs is 4. The van der Waals surface area contributed by atoms with Gasteiger partial charge in [0, 0.05) is 13.4 Å². The van der Waals surface area contributed by atoms with Crippen LogP contribution in [0, 0.1) is 0 Å². The van der Waals surface area contributed by atoms with Gasteiger partial charge in [-0.2, -0.15) is 0 Å². The van der Waals surface area contributed by atoms with Crippen molar-refractivity contribution in [2.75, 3.05) is 0 Å². The summed E-state index contributed by atoms with van der Waals surface area (Å²) < 4.78 is 3.32. The molecular formula is C24H13Br3. The Hall–Kier alpha value is -1.68. The Kier molecular flexibility index (Phi) is 4.34. The minimum absolute atomic E-state index is 1.09. The molecule has 4 aromatic carbocycles. The average molecular weight is 541 g/mol. The van der Waals surface area contributed by atoms with Gasteiger partial charge in [0.05, 0.1) is 0 Å². The molecule has 0 radical (unpaired) electrons. The SMILES string of the molecule is Brc1ccc2c(c1)C(=Cc1ccc3ccccc3c1Br)c1cc(Br)ccc1-2. The predicted molar refractivity (Wildman–Crippen MR) is 126 cm³/mol. The van der Waals surface area contributed by atoms with Gasteiger partial charge in [-0.05, 0) is 90.4 Å². The quantitative estimate of drug-likeness (QED) is 0.199. The van der Waals surface area contributed by atoms with Crippen molar-refractivity contribution in [3.05, 3.63) is 103 Å². The molecule has 0 aliphatic heterocycles. The van der Waals surface area contributed by atoms with Crippen LogP contribution < -0.4 is 0 Å². The molecule has 0 fully saturated rings. The molecule has 1 aliphatic rings. The molecule has 5 rings (SSSR count). The first-order valence-electron chi connectivity index (χ1n) is 8.61. The van der Waals surface area contributed by atoms with Crippen molar-refractivity contribution >= 4 is 70.2 Å². The van der Waals surface area contributed by atoms with Gasteiger partial charge in [-0.25, -0.2) is 0 Å². The molecule has 0 N–H and O–H groups in total. The highest BCUT2D eigenvalue weighted by Gasteiger charge is 2.24. The van der Waals surface area contributed by atoms with Gasteiger partial charge in [0.2, 0.25) is 0 Å². The van der Waals surface area contributed by atoms with E-state index in [2.05, 4.69) is 127 Å². The van der Waals surface area contributed by atoms with Crippen LogP contribution in [0.15, 0.2) is 86.2 Å². The van der Waals surface area contributed by atoms with Gasteiger partial charge in [-0.15, -0.1) is 0 Å². The topological polar surface area (TPSA) is 0 Å². The van der Waals surface area contributed by atoms with E-state index in [1.807, 2.05) is 0 Å². The van der Waals surface area contributed by atoms with Crippen LogP contribution >= 0.6 is 47.8 Å². The fraction of sp³-hybridized carbons (Fsp3) is 0. The molecule has 130 valence electrons. The summed E-state index contributed by atoms with van der Waals surface area (Å²) >= 11 is 11.1. The standard InChI is InChI=1S/C24H13Br3/c25-16-7-9-19-20-10-8-17(26)13-23(20)21(22(19)12-16)11-15-6-5-14-3-1-2-4-18(14)24(15)27/h1-13H. The second kappa shape index (κ2) is 6.73. The molecule has 1 aliphatic carbocycles. The van der Waals surface area contributed by atoms with E-state index >= 15 is 0 Å². The van der Waals surface area contributed by atoms with Crippen molar-refractivity contribution in [3.8, 4) is 11.1 Å². The molecular weight excluding hydrogens is 528 g/mol. The van der Waals surface area contributed by atoms with Crippen molar-refractivity contribution in [3.63, 3.8) is 0 Å². The summed E-state index contributed by atoms with van der Waals surface area (Å²) in [6.07, 6.45) is 2.29. The van der Waals surface area contributed by atoms with Gasteiger partial charge >= 0.3 is 0 Å². The second-order valence-electron chi connectivity index (χ2n) is 6.63. The highest BCUT2D eigenvalue weighted by molar-refractivity contribution is 9.11. The van der Waals surface area contributed by atoms with Gasteiger partial charge < -0.3 is 0 Å². The number of hydrogen-bond donors (Lipinski definition) is 0. The van der Waals surface area contributed by atoms with E-state index < -0.39 is 0 Å². The lowest BCUT2D eigenvalue weighted by Crippen LogP contribution is -1.85. The van der Waals surface area contributed by atoms with Crippen LogP contribution in [0.2, 0.25) is 0 Å². The molecule has 0 saturated heterocycles. The monoisotopic (exact) mass is 538 g/mol. The van der Waals surface area contributed by atoms with Crippen LogP contribution in [0.25, 0.3) is 33.5 Å². The van der Waals surface area contributed by atoms with Crippen molar-refractivity contribution < 1.29 is 0 Å². The zero-order valence-corrected chi connectivity index (χ0v) is 18.9. The minimum Gasteiger partial charge on any atom is -0.0616 e. The van der Waals surface area contributed by atoms with Crippen LogP contribution in [-0.4, -0.2) is 0 Å². The lowest BCUT2D eigenvalue weighted by molar-refractivity contribution is 1.60. The third kappa shape index (κ3) is 2.93. The van der Waals surface area contributed by atoms with Gasteiger partial charge in [0.25, 0.3) is 0 Å². The molecule has 3 heteroatoms. The average Bonchev–Trinajstić information content (AvgIpc) is 2.96. The van der Waals surface area contributed by atoms with Crippen LogP contribution in [0.5, 0.6) is 0 Å². The first-order valence-corrected chi connectivity index (χ1v) is 11.0. The summed E-state index contributed by atoms with van der Waals surface area (Å²) in [6.45, 7) is 0. The third-order valence-corrected chi connectivity index (χ3v) is 6.90. The summed E-state index contributed by atoms with van der Waals surface area (Å²) in [4.78, 5) is 0. The van der Waals surface area contributed by atoms with Crippen LogP contribution in [-0.2, 0) is 0 Å². The summed E-state index contributed by atoms with van der Waals surface area (Å²) in [5.74, 6) is 0. The normalized spacial score (nSPS) is 12.2. The number of hydrogen-bond acceptors (Lipinski definition) is 0. The van der Waals surface area contributed by atoms with Crippen LogP contribution in [0.3, 0.4) is 0 Å². The third-order valence-electron chi connectivity index (χ3n) is 5.03. The Bertz CT molecular complexity index is 1200. The van der Waals surface area contributed by atoms with Crippen LogP contribution in [0.1, 0.15) is 16.7 Å². The maximum absolute atomic E-state index is 3.83. The van der Waals surface area contributed by atoms with Gasteiger partial charge in [0.15, 0.2) is 0 Å². The molecule has 0 heterocycles. The molecule has 27 heavy (non-hydrogen) atoms. The van der Waals surface area contributed by atoms with Crippen molar-refractivity contribution in [2.45, 2.75) is 0 Å². The number of halogens is 3. The highest BCUT2D eigenvalue weighted by Crippen LogP contribution is 2.47. The van der Waals surface area contributed by atoms with E-state index in [9.17, 15) is 0 Å². The van der Waals surface area contributed by atoms with Gasteiger partial charge in [-0.1, -0.05) is 80.4 Å². The van der Waals surface area contributed by atoms with E-state index in [1.54, 1.807) is 0 Å². The summed E-state index contributed by atoms with van der Waals surface area (Å²) in [6, 6.07) is 25.9. The molecule has 0 atom stereocenters. The Morgan fingerprint density at radius 2 is 1.22 bits per heavy atom. The van der Waals surface area contributed by atoms with E-state index in [1.165, 1.54) is 44.2 Å². The summed E-state index contributed by atoms with van der Waals surface area (Å²) in [5.41, 5.74) is 7.52. The molecule has 0 unspecified atom stereocenters. The van der Waals surface area contributed by atoms with E-state index in [0.29, 0.717) is 0 Å². The zero-order chi connectivity index (χ0) is 18.5. The first kappa shape index (κ1) is 17.4. The van der Waals surface area contributed by atoms with Crippen molar-refractivity contribution in [1.29, 1.82) is 0 Å². The molecule has 0 bridgehead atoms. The minimum atomic E-state index is 1.09. The predicted octanol–water partition coefficient (Wildman–Crippen LogP) is 8.70. The lowest BCUT2D eigenvalue weighted by Gasteiger charge is -2.08. The zero-order valence-electron chi connectivity index (χ0n) is 14.1. The first-order chi connectivity index (χ1) is 13.1. The Labute approximate surface area is 183 Å². The fourth-order valence-corrected chi connectivity index (χ4v) is 5.10. The molecule has 4 aromatic rings. The summed E-state index contributed by atoms with van der Waals surface area (Å²) in [7, 11) is 0. The molecule has 0 nitrogen and oxygen atoms in total. The lowest BCUT2D eigenvalue weighted by atomic mass is 9.99. The molecule has 0 aromatic heterocycles. The molecule has 0 spiro atoms. The smallest absolute Gasteiger partial charge is 0.0326 e. The highest BCUT2D eigenvalue weighted by atomic mass is 79.9. The largest absolute Gasteiger partial charge is 0.0616 e. The Morgan fingerprint density at radius 1 is 0.593 bits per heavy atom. The number of rotatable bonds is 1. The second-order valence-corrected chi connectivity index (χ2v) is 9.25. The maximum Gasteiger partial charge on any atom is 0.0326 e. The van der Waals surface area contributed by atoms with Gasteiger partial charge in [0.1, 0.15) is 0 Å². The Balaban J connectivity index is 1.79. The van der Waals surface area contributed by atoms with E-state index in [4.69, 9.17) is 0 Å². The Morgan fingerprint density at radius 3 is 1.89 bits per heavy atom. The number of benzene rings is 4. The van der Waals surface area contributed by atoms with Crippen molar-refractivity contribution in [1.82, 2.24) is 0 Å². The van der Waals surface area contributed by atoms with Crippen molar-refractivity contribution in [2.24, 2.45) is 0 Å². The molecule has 0 saturated carbocycles. The van der Waals surface area contributed by atoms with E-state index in [-0.39, 0.29) is 0 Å². The van der Waals surface area contributed by atoms with Gasteiger partial charge in [-0.3, -0.25) is 0 Å². The van der Waals surface area contributed by atoms with Crippen LogP contribution in [0.4, 0.5) is 0 Å². The summed E-state index contributed by atoms with van der Waals surface area (Å²) in [5, 5.41) is 2.47. The van der Waals surface area contributed by atoms with E-state index in [0.717, 1.165) is 13.4 Å².